The van der Waals surface area contributed by atoms with Crippen LogP contribution in [0.25, 0.3) is 0 Å². The number of piperidine rings is 1. The molecule has 2 aliphatic rings. The standard InChI is InChI=1S/C21H22N4O3/c26-19(24-12-15-2-1-7-23-11-15)16-3-4-17-18(10-16)21(28)25(20(17)27)13-14-5-8-22-9-6-14/h3-6,8-10,15,23H,1-2,7,11-13H2,(H,24,26). The van der Waals surface area contributed by atoms with E-state index in [0.717, 1.165) is 31.5 Å². The summed E-state index contributed by atoms with van der Waals surface area (Å²) < 4.78 is 0. The van der Waals surface area contributed by atoms with Crippen LogP contribution in [0.4, 0.5) is 0 Å². The summed E-state index contributed by atoms with van der Waals surface area (Å²) in [5.41, 5.74) is 1.84. The van der Waals surface area contributed by atoms with Crippen molar-refractivity contribution in [1.82, 2.24) is 20.5 Å². The molecule has 3 amide bonds. The van der Waals surface area contributed by atoms with E-state index in [9.17, 15) is 14.4 Å². The number of imide groups is 1. The molecule has 1 saturated heterocycles. The van der Waals surface area contributed by atoms with E-state index in [1.54, 1.807) is 36.7 Å². The molecule has 4 rings (SSSR count). The smallest absolute Gasteiger partial charge is 0.261 e. The van der Waals surface area contributed by atoms with Gasteiger partial charge in [-0.05, 0) is 67.7 Å². The number of hydrogen-bond acceptors (Lipinski definition) is 5. The molecule has 1 atom stereocenters. The van der Waals surface area contributed by atoms with Crippen LogP contribution in [-0.2, 0) is 6.54 Å². The first-order chi connectivity index (χ1) is 13.6. The summed E-state index contributed by atoms with van der Waals surface area (Å²) in [5.74, 6) is -0.507. The number of nitrogens with zero attached hydrogens (tertiary/aromatic N) is 2. The number of aromatic nitrogens is 1. The monoisotopic (exact) mass is 378 g/mol. The average Bonchev–Trinajstić information content (AvgIpc) is 2.98. The first kappa shape index (κ1) is 18.3. The SMILES string of the molecule is O=C(NCC1CCCNC1)c1ccc2c(c1)C(=O)N(Cc1ccncc1)C2=O. The van der Waals surface area contributed by atoms with Gasteiger partial charge < -0.3 is 10.6 Å². The maximum absolute atomic E-state index is 12.7. The minimum absolute atomic E-state index is 0.186. The number of hydrogen-bond donors (Lipinski definition) is 2. The fourth-order valence-corrected chi connectivity index (χ4v) is 3.68. The molecule has 1 fully saturated rings. The fourth-order valence-electron chi connectivity index (χ4n) is 3.68. The Balaban J connectivity index is 1.46. The quantitative estimate of drug-likeness (QED) is 0.772. The van der Waals surface area contributed by atoms with Gasteiger partial charge in [-0.25, -0.2) is 0 Å². The Morgan fingerprint density at radius 2 is 1.93 bits per heavy atom. The van der Waals surface area contributed by atoms with E-state index in [4.69, 9.17) is 0 Å². The average molecular weight is 378 g/mol. The topological polar surface area (TPSA) is 91.4 Å². The number of rotatable bonds is 5. The summed E-state index contributed by atoms with van der Waals surface area (Å²) in [6.45, 7) is 2.72. The highest BCUT2D eigenvalue weighted by molar-refractivity contribution is 6.22. The van der Waals surface area contributed by atoms with Crippen molar-refractivity contribution in [2.75, 3.05) is 19.6 Å². The zero-order valence-electron chi connectivity index (χ0n) is 15.5. The van der Waals surface area contributed by atoms with Gasteiger partial charge in [-0.3, -0.25) is 24.3 Å². The lowest BCUT2D eigenvalue weighted by atomic mass is 9.99. The van der Waals surface area contributed by atoms with E-state index in [0.29, 0.717) is 23.6 Å². The highest BCUT2D eigenvalue weighted by atomic mass is 16.2. The molecule has 0 saturated carbocycles. The third-order valence-electron chi connectivity index (χ3n) is 5.27. The van der Waals surface area contributed by atoms with Crippen LogP contribution in [0.3, 0.4) is 0 Å². The van der Waals surface area contributed by atoms with Crippen LogP contribution in [0.2, 0.25) is 0 Å². The molecular weight excluding hydrogens is 356 g/mol. The normalized spacial score (nSPS) is 18.9. The molecule has 1 aromatic carbocycles. The van der Waals surface area contributed by atoms with Crippen LogP contribution in [-0.4, -0.2) is 47.2 Å². The number of fused-ring (bicyclic) bond motifs is 1. The highest BCUT2D eigenvalue weighted by Crippen LogP contribution is 2.25. The predicted molar refractivity (Wildman–Crippen MR) is 103 cm³/mol. The van der Waals surface area contributed by atoms with Gasteiger partial charge in [0.15, 0.2) is 0 Å². The van der Waals surface area contributed by atoms with Gasteiger partial charge in [0.25, 0.3) is 17.7 Å². The summed E-state index contributed by atoms with van der Waals surface area (Å²) in [5, 5.41) is 6.27. The number of nitrogens with one attached hydrogen (secondary N) is 2. The van der Waals surface area contributed by atoms with Crippen molar-refractivity contribution in [3.05, 3.63) is 65.0 Å². The molecule has 7 nitrogen and oxygen atoms in total. The molecule has 1 aromatic heterocycles. The zero-order valence-corrected chi connectivity index (χ0v) is 15.5. The number of amides is 3. The summed E-state index contributed by atoms with van der Waals surface area (Å²) in [6.07, 6.45) is 5.45. The van der Waals surface area contributed by atoms with Gasteiger partial charge in [0.2, 0.25) is 0 Å². The number of carbonyl (C=O) groups excluding carboxylic acids is 3. The van der Waals surface area contributed by atoms with Gasteiger partial charge >= 0.3 is 0 Å². The maximum atomic E-state index is 12.7. The van der Waals surface area contributed by atoms with Crippen LogP contribution in [0, 0.1) is 5.92 Å². The van der Waals surface area contributed by atoms with Gasteiger partial charge in [0, 0.05) is 24.5 Å². The molecule has 0 bridgehead atoms. The zero-order chi connectivity index (χ0) is 19.5. The van der Waals surface area contributed by atoms with Crippen molar-refractivity contribution >= 4 is 17.7 Å². The summed E-state index contributed by atoms with van der Waals surface area (Å²) in [7, 11) is 0. The largest absolute Gasteiger partial charge is 0.352 e. The lowest BCUT2D eigenvalue weighted by Gasteiger charge is -2.22. The van der Waals surface area contributed by atoms with Crippen molar-refractivity contribution in [1.29, 1.82) is 0 Å². The Labute approximate surface area is 163 Å². The van der Waals surface area contributed by atoms with E-state index in [1.807, 2.05) is 0 Å². The van der Waals surface area contributed by atoms with E-state index >= 15 is 0 Å². The molecule has 0 spiro atoms. The Bertz CT molecular complexity index is 907. The molecule has 2 aliphatic heterocycles. The second-order valence-electron chi connectivity index (χ2n) is 7.23. The van der Waals surface area contributed by atoms with Crippen LogP contribution in [0.1, 0.15) is 49.5 Å². The third-order valence-corrected chi connectivity index (χ3v) is 5.27. The molecule has 2 aromatic rings. The lowest BCUT2D eigenvalue weighted by molar-refractivity contribution is 0.0642. The second-order valence-corrected chi connectivity index (χ2v) is 7.23. The minimum Gasteiger partial charge on any atom is -0.352 e. The number of pyridine rings is 1. The minimum atomic E-state index is -0.372. The van der Waals surface area contributed by atoms with Gasteiger partial charge in [0.1, 0.15) is 0 Å². The van der Waals surface area contributed by atoms with Gasteiger partial charge in [0.05, 0.1) is 17.7 Å². The summed E-state index contributed by atoms with van der Waals surface area (Å²) >= 11 is 0. The molecule has 1 unspecified atom stereocenters. The van der Waals surface area contributed by atoms with Crippen LogP contribution >= 0.6 is 0 Å². The summed E-state index contributed by atoms with van der Waals surface area (Å²) in [4.78, 5) is 43.0. The Kier molecular flexibility index (Phi) is 5.16. The van der Waals surface area contributed by atoms with Crippen LogP contribution < -0.4 is 10.6 Å². The molecule has 28 heavy (non-hydrogen) atoms. The maximum Gasteiger partial charge on any atom is 0.261 e. The molecule has 0 aliphatic carbocycles. The van der Waals surface area contributed by atoms with Crippen molar-refractivity contribution in [3.63, 3.8) is 0 Å². The van der Waals surface area contributed by atoms with Gasteiger partial charge in [-0.1, -0.05) is 0 Å². The third kappa shape index (κ3) is 3.66. The number of benzene rings is 1. The van der Waals surface area contributed by atoms with Crippen LogP contribution in [0.5, 0.6) is 0 Å². The van der Waals surface area contributed by atoms with E-state index in [2.05, 4.69) is 15.6 Å². The van der Waals surface area contributed by atoms with Crippen molar-refractivity contribution < 1.29 is 14.4 Å². The lowest BCUT2D eigenvalue weighted by Crippen LogP contribution is -2.38. The Morgan fingerprint density at radius 3 is 2.68 bits per heavy atom. The number of carbonyl (C=O) groups is 3. The van der Waals surface area contributed by atoms with E-state index in [-0.39, 0.29) is 29.8 Å². The molecule has 7 heteroatoms. The predicted octanol–water partition coefficient (Wildman–Crippen LogP) is 1.61. The molecule has 0 radical (unpaired) electrons. The molecular formula is C21H22N4O3. The highest BCUT2D eigenvalue weighted by Gasteiger charge is 2.36. The first-order valence-electron chi connectivity index (χ1n) is 9.51. The first-order valence-corrected chi connectivity index (χ1v) is 9.51. The van der Waals surface area contributed by atoms with E-state index in [1.165, 1.54) is 11.0 Å². The fraction of sp³-hybridized carbons (Fsp3) is 0.333. The molecule has 2 N–H and O–H groups in total. The van der Waals surface area contributed by atoms with Crippen molar-refractivity contribution in [3.8, 4) is 0 Å². The molecule has 144 valence electrons. The summed E-state index contributed by atoms with van der Waals surface area (Å²) in [6, 6.07) is 8.23. The molecule has 3 heterocycles. The Morgan fingerprint density at radius 1 is 1.14 bits per heavy atom. The van der Waals surface area contributed by atoms with Crippen molar-refractivity contribution in [2.24, 2.45) is 5.92 Å². The van der Waals surface area contributed by atoms with Gasteiger partial charge in [-0.2, -0.15) is 0 Å². The second kappa shape index (κ2) is 7.90. The van der Waals surface area contributed by atoms with Crippen LogP contribution in [0.15, 0.2) is 42.7 Å². The van der Waals surface area contributed by atoms with Gasteiger partial charge in [-0.15, -0.1) is 0 Å². The Hall–Kier alpha value is -3.06. The van der Waals surface area contributed by atoms with E-state index < -0.39 is 0 Å². The van der Waals surface area contributed by atoms with Crippen molar-refractivity contribution in [2.45, 2.75) is 19.4 Å².